The van der Waals surface area contributed by atoms with Crippen molar-refractivity contribution in [3.63, 3.8) is 0 Å². The van der Waals surface area contributed by atoms with Crippen molar-refractivity contribution in [2.45, 2.75) is 97.7 Å². The summed E-state index contributed by atoms with van der Waals surface area (Å²) in [6, 6.07) is 108. The third kappa shape index (κ3) is 5.16. The van der Waals surface area contributed by atoms with Crippen LogP contribution in [-0.4, -0.2) is 0 Å². The van der Waals surface area contributed by atoms with Crippen molar-refractivity contribution in [3.8, 4) is 11.1 Å². The van der Waals surface area contributed by atoms with Gasteiger partial charge in [0.15, 0.2) is 0 Å². The van der Waals surface area contributed by atoms with Crippen molar-refractivity contribution in [3.05, 3.63) is 478 Å². The maximum atomic E-state index is 2.74. The molecule has 0 aromatic heterocycles. The third-order valence-electron chi connectivity index (χ3n) is 42.2. The predicted octanol–water partition coefficient (Wildman–Crippen LogP) is 31.0. The molecule has 19 aliphatic rings. The molecule has 0 N–H and O–H groups in total. The summed E-state index contributed by atoms with van der Waals surface area (Å²) in [6.45, 7) is 14.3. The Balaban J connectivity index is 0.000000589. The van der Waals surface area contributed by atoms with E-state index in [1.807, 2.05) is 60.7 Å². The molecule has 2 heteroatoms. The van der Waals surface area contributed by atoms with Crippen molar-refractivity contribution in [2.24, 2.45) is 0 Å². The quantitative estimate of drug-likeness (QED) is 0.0554. The topological polar surface area (TPSA) is 0 Å². The van der Waals surface area contributed by atoms with Crippen LogP contribution in [0.1, 0.15) is 211 Å². The van der Waals surface area contributed by atoms with E-state index in [1.54, 1.807) is 339 Å². The molecule has 138 heavy (non-hydrogen) atoms. The van der Waals surface area contributed by atoms with E-state index in [2.05, 4.69) is 248 Å². The average molecular weight is 1900 g/mol. The fourth-order valence-electron chi connectivity index (χ4n) is 40.0. The molecule has 0 saturated heterocycles. The summed E-state index contributed by atoms with van der Waals surface area (Å²) >= 11 is 0. The molecular weight excluding hydrogens is 1840 g/mol. The number of hydrogen-bond acceptors (Lipinski definition) is 0. The van der Waals surface area contributed by atoms with Crippen LogP contribution in [-0.2, 0) is 95.1 Å². The second-order valence-electron chi connectivity index (χ2n) is 46.0. The zero-order chi connectivity index (χ0) is 86.4. The Morgan fingerprint density at radius 2 is 0.326 bits per heavy atom. The van der Waals surface area contributed by atoms with Gasteiger partial charge >= 0.3 is 39.0 Å². The first-order valence-corrected chi connectivity index (χ1v) is 50.2. The van der Waals surface area contributed by atoms with Crippen LogP contribution in [0, 0.1) is 41.5 Å². The van der Waals surface area contributed by atoms with E-state index < -0.39 is 43.3 Å². The van der Waals surface area contributed by atoms with Gasteiger partial charge in [0.1, 0.15) is 0 Å². The van der Waals surface area contributed by atoms with Gasteiger partial charge in [0, 0.05) is 0 Å². The third-order valence-corrected chi connectivity index (χ3v) is 42.2. The van der Waals surface area contributed by atoms with Crippen LogP contribution < -0.4 is 0 Å². The zero-order valence-electron chi connectivity index (χ0n) is 75.5. The average Bonchev–Trinajstić information content (AvgIpc) is 1.36. The van der Waals surface area contributed by atoms with E-state index in [-0.39, 0.29) is 39.0 Å². The molecule has 19 aliphatic carbocycles. The van der Waals surface area contributed by atoms with E-state index in [4.69, 9.17) is 0 Å². The molecular formula is C136H66Ru2. The van der Waals surface area contributed by atoms with Crippen LogP contribution >= 0.6 is 0 Å². The van der Waals surface area contributed by atoms with E-state index in [0.717, 1.165) is 12.8 Å². The largest absolute Gasteiger partial charge is 1.00 e. The van der Waals surface area contributed by atoms with Crippen molar-refractivity contribution in [2.75, 3.05) is 0 Å². The van der Waals surface area contributed by atoms with Crippen molar-refractivity contribution < 1.29 is 39.0 Å². The molecule has 0 heterocycles. The Labute approximate surface area is 813 Å². The molecule has 0 amide bonds. The minimum atomic E-state index is -0.770. The number of hydrogen-bond donors (Lipinski definition) is 0. The molecule has 0 aliphatic heterocycles. The van der Waals surface area contributed by atoms with Gasteiger partial charge in [-0.05, 0) is 437 Å². The predicted molar refractivity (Wildman–Crippen MR) is 555 cm³/mol. The van der Waals surface area contributed by atoms with Crippen LogP contribution in [0.3, 0.4) is 0 Å². The second-order valence-corrected chi connectivity index (χ2v) is 46.0. The van der Waals surface area contributed by atoms with Crippen LogP contribution in [0.25, 0.3) is 205 Å². The maximum Gasteiger partial charge on any atom is 1.00 e. The first kappa shape index (κ1) is 68.6. The number of benzene rings is 22. The first-order valence-electron chi connectivity index (χ1n) is 50.2. The smallest absolute Gasteiger partial charge is 0.214 e. The van der Waals surface area contributed by atoms with Gasteiger partial charge in [-0.15, -0.1) is 0 Å². The van der Waals surface area contributed by atoms with Gasteiger partial charge in [-0.1, -0.05) is 240 Å². The van der Waals surface area contributed by atoms with E-state index >= 15 is 0 Å². The van der Waals surface area contributed by atoms with E-state index in [1.165, 1.54) is 77.9 Å². The fourth-order valence-corrected chi connectivity index (χ4v) is 40.0. The molecule has 2 radical (unpaired) electrons. The summed E-state index contributed by atoms with van der Waals surface area (Å²) in [6.07, 6.45) is 1.76. The van der Waals surface area contributed by atoms with Crippen molar-refractivity contribution in [1.82, 2.24) is 0 Å². The van der Waals surface area contributed by atoms with Crippen LogP contribution in [0.2, 0.25) is 0 Å². The molecule has 626 valence electrons. The monoisotopic (exact) mass is 1900 g/mol. The summed E-state index contributed by atoms with van der Waals surface area (Å²) in [5.74, 6) is 0. The second kappa shape index (κ2) is 19.2. The van der Waals surface area contributed by atoms with Gasteiger partial charge in [0.05, 0.1) is 43.3 Å². The molecule has 0 nitrogen and oxygen atoms in total. The fraction of sp³-hybridized carbons (Fsp3) is 0.118. The van der Waals surface area contributed by atoms with Gasteiger partial charge in [-0.3, -0.25) is 0 Å². The van der Waals surface area contributed by atoms with Gasteiger partial charge in [-0.25, -0.2) is 24.3 Å². The molecule has 0 fully saturated rings. The minimum Gasteiger partial charge on any atom is -0.214 e. The molecule has 0 bridgehead atoms. The Bertz CT molecular complexity index is 10900. The molecule has 8 atom stereocenters. The summed E-state index contributed by atoms with van der Waals surface area (Å²) < 4.78 is 0. The van der Waals surface area contributed by atoms with E-state index in [9.17, 15) is 0 Å². The molecule has 28 aromatic carbocycles. The normalized spacial score (nSPS) is 23.9. The van der Waals surface area contributed by atoms with Gasteiger partial charge < -0.3 is 0 Å². The maximum absolute atomic E-state index is 2.74. The summed E-state index contributed by atoms with van der Waals surface area (Å²) in [7, 11) is 0. The Hall–Kier alpha value is -14.4. The molecule has 0 unspecified atom stereocenters. The van der Waals surface area contributed by atoms with Crippen LogP contribution in [0.5, 0.6) is 0 Å². The molecule has 28 aromatic rings. The summed E-state index contributed by atoms with van der Waals surface area (Å²) in [4.78, 5) is 0. The Morgan fingerprint density at radius 1 is 0.152 bits per heavy atom. The van der Waals surface area contributed by atoms with Gasteiger partial charge in [-0.2, -0.15) is 36.4 Å². The standard InChI is InChI=1S/C126H56.2C5H5.2Ru/c1-43-17-29-51(30-18-43)121-97-69-57-59-63-67-61(57)73-83(97)93-87-81-89-77-64-60-58-62-68(64)95(81)120(42-50-15-11-8-12-16-50)102-74(62)84-94-88-82(96(67)119(104(88)102,101(73)103(87)120)41-49-13-9-7-10-14-49)90-78(63)108-106-75(59)71-65(69)79-91-85-86-92-80-66(72-76(60)105-107(77)125(111(89)109(93)121,55-37-25-47(5)26-38-55)117(113(79)121)115(91)123(105,100(72)86)53-33-21-45(3)22-34-53)70(58)98(84)122(52-31-19-44(2)20-32-52)110(94)112(90)126(108,56-39-27-48(6)28-40-56)118(114(80)122)116(92)124(106,99(71)85)54-35-23-46(4)24-36-54;2*1-2-4-5-3-1;;/h7-40H,41-42H2,1-6H3;2*1-5H;;/q;2*-1;2*+1/t119-,120-,121+,122+,123+,124+,125-,126-;;;;/m1..../s1. The van der Waals surface area contributed by atoms with Gasteiger partial charge in [0.2, 0.25) is 0 Å². The zero-order valence-corrected chi connectivity index (χ0v) is 79.0. The van der Waals surface area contributed by atoms with Crippen molar-refractivity contribution >= 4 is 194 Å². The summed E-state index contributed by atoms with van der Waals surface area (Å²) in [5, 5.41) is 58.2. The molecule has 47 rings (SSSR count). The van der Waals surface area contributed by atoms with E-state index in [0.29, 0.717) is 0 Å². The van der Waals surface area contributed by atoms with Crippen LogP contribution in [0.4, 0.5) is 0 Å². The Kier molecular flexibility index (Phi) is 9.53. The summed E-state index contributed by atoms with van der Waals surface area (Å²) in [5.41, 5.74) is 56.9. The minimum absolute atomic E-state index is 0. The number of aryl methyl sites for hydroxylation is 6. The SMILES string of the molecule is Cc1ccc([C@@]23c4c5c6c7c8c9c%10c%11c%12c%13c%14c%15c%16c%17c%18c%19c%20c%21c%17c%17c%22c%23c%24c(c(c(c%24c-7c7c%23c%23c(c2c2c%24c3c3c%25c%26c(c%27c%28c%25c%25c(c9c6c4[C@]3%25c3ccc(C)cc3)c3c%28c(c(c%18%14)[C@@]%19%27Cc4ccccc4)c%13c%103)[C@]%20(Cc3ccccc3)c(c%26%24)c3c2c%23c%22c%213)[C@@]57c2ccc(C)cc2)[C@@]8%11c2ccc(C)cc2)[C@@]%15%12c2ccc(C)cc2)[C@]%16%17c2ccc(C)cc2)cc1.[Ru+].[Ru+].c1cc[cH-]c1.c1cc[cH-]c1. The van der Waals surface area contributed by atoms with Crippen molar-refractivity contribution in [1.29, 1.82) is 0 Å². The molecule has 0 spiro atoms. The van der Waals surface area contributed by atoms with Gasteiger partial charge in [0.25, 0.3) is 0 Å². The first-order chi connectivity index (χ1) is 67.1. The van der Waals surface area contributed by atoms with Crippen LogP contribution in [0.15, 0.2) is 267 Å². The number of rotatable bonds is 10. The Morgan fingerprint density at radius 3 is 0.594 bits per heavy atom. The molecule has 0 saturated carbocycles.